The third kappa shape index (κ3) is 5.01. The second-order valence-electron chi connectivity index (χ2n) is 7.57. The van der Waals surface area contributed by atoms with Crippen molar-refractivity contribution < 1.29 is 9.53 Å². The van der Waals surface area contributed by atoms with E-state index >= 15 is 0 Å². The summed E-state index contributed by atoms with van der Waals surface area (Å²) in [6, 6.07) is 24.4. The van der Waals surface area contributed by atoms with Gasteiger partial charge in [0.25, 0.3) is 5.91 Å². The molecule has 0 aliphatic carbocycles. The molecule has 0 unspecified atom stereocenters. The molecule has 0 aliphatic rings. The zero-order valence-corrected chi connectivity index (χ0v) is 17.7. The number of aryl methyl sites for hydroxylation is 2. The van der Waals surface area contributed by atoms with E-state index in [0.717, 1.165) is 34.1 Å². The predicted molar refractivity (Wildman–Crippen MR) is 125 cm³/mol. The number of hydrogen-bond acceptors (Lipinski definition) is 3. The van der Waals surface area contributed by atoms with Crippen LogP contribution in [0.2, 0.25) is 0 Å². The number of nitrogens with zero attached hydrogens (tertiary/aromatic N) is 2. The zero-order chi connectivity index (χ0) is 21.6. The van der Waals surface area contributed by atoms with E-state index in [-0.39, 0.29) is 12.5 Å². The Morgan fingerprint density at radius 1 is 1.03 bits per heavy atom. The topological polar surface area (TPSA) is 55.6 Å². The summed E-state index contributed by atoms with van der Waals surface area (Å²) >= 11 is 0. The van der Waals surface area contributed by atoms with Gasteiger partial charge in [0.1, 0.15) is 5.75 Å². The third-order valence-corrected chi connectivity index (χ3v) is 5.11. The number of nitrogens with one attached hydrogen (secondary N) is 1. The number of rotatable bonds is 7. The second-order valence-corrected chi connectivity index (χ2v) is 7.57. The van der Waals surface area contributed by atoms with Gasteiger partial charge < -0.3 is 9.30 Å². The Morgan fingerprint density at radius 3 is 2.65 bits per heavy atom. The Morgan fingerprint density at radius 2 is 1.81 bits per heavy atom. The molecule has 1 heterocycles. The van der Waals surface area contributed by atoms with E-state index in [0.29, 0.717) is 5.75 Å². The Balaban J connectivity index is 1.43. The minimum Gasteiger partial charge on any atom is -0.483 e. The van der Waals surface area contributed by atoms with Gasteiger partial charge in [0.2, 0.25) is 0 Å². The molecule has 0 aliphatic heterocycles. The van der Waals surface area contributed by atoms with Crippen molar-refractivity contribution in [3.63, 3.8) is 0 Å². The Labute approximate surface area is 182 Å². The van der Waals surface area contributed by atoms with E-state index in [9.17, 15) is 4.79 Å². The minimum absolute atomic E-state index is 0.0859. The first-order valence-electron chi connectivity index (χ1n) is 10.2. The average Bonchev–Trinajstić information content (AvgIpc) is 3.12. The van der Waals surface area contributed by atoms with Gasteiger partial charge in [0, 0.05) is 29.2 Å². The molecule has 4 rings (SSSR count). The maximum Gasteiger partial charge on any atom is 0.277 e. The quantitative estimate of drug-likeness (QED) is 0.350. The summed E-state index contributed by atoms with van der Waals surface area (Å²) in [6.45, 7) is 4.63. The van der Waals surface area contributed by atoms with Crippen LogP contribution in [0.3, 0.4) is 0 Å². The van der Waals surface area contributed by atoms with Crippen molar-refractivity contribution in [2.75, 3.05) is 6.61 Å². The number of fused-ring (bicyclic) bond motifs is 1. The molecule has 0 saturated heterocycles. The summed E-state index contributed by atoms with van der Waals surface area (Å²) in [5.41, 5.74) is 7.93. The molecule has 5 nitrogen and oxygen atoms in total. The van der Waals surface area contributed by atoms with E-state index in [1.54, 1.807) is 6.21 Å². The first kappa shape index (κ1) is 20.4. The van der Waals surface area contributed by atoms with Crippen LogP contribution in [0.4, 0.5) is 0 Å². The van der Waals surface area contributed by atoms with Crippen LogP contribution in [0.25, 0.3) is 10.9 Å². The fraction of sp³-hybridized carbons (Fsp3) is 0.154. The van der Waals surface area contributed by atoms with Crippen LogP contribution in [-0.4, -0.2) is 23.3 Å². The largest absolute Gasteiger partial charge is 0.483 e. The number of benzene rings is 3. The van der Waals surface area contributed by atoms with E-state index in [1.165, 1.54) is 5.56 Å². The molecule has 1 amide bonds. The number of hydrazone groups is 1. The number of carbonyl (C=O) groups excluding carboxylic acids is 1. The summed E-state index contributed by atoms with van der Waals surface area (Å²) in [5.74, 6) is 0.410. The molecule has 31 heavy (non-hydrogen) atoms. The molecule has 0 fully saturated rings. The number of amides is 1. The summed E-state index contributed by atoms with van der Waals surface area (Å²) in [5, 5.41) is 5.23. The highest BCUT2D eigenvalue weighted by Crippen LogP contribution is 2.21. The van der Waals surface area contributed by atoms with Crippen LogP contribution in [0.5, 0.6) is 5.75 Å². The van der Waals surface area contributed by atoms with Crippen LogP contribution < -0.4 is 10.2 Å². The zero-order valence-electron chi connectivity index (χ0n) is 17.7. The van der Waals surface area contributed by atoms with Crippen molar-refractivity contribution in [3.8, 4) is 5.75 Å². The van der Waals surface area contributed by atoms with E-state index in [2.05, 4.69) is 45.6 Å². The normalized spacial score (nSPS) is 11.2. The molecular formula is C26H25N3O2. The Bertz CT molecular complexity index is 1230. The summed E-state index contributed by atoms with van der Waals surface area (Å²) in [7, 11) is 0. The van der Waals surface area contributed by atoms with Crippen LogP contribution in [0.1, 0.15) is 22.3 Å². The van der Waals surface area contributed by atoms with Crippen LogP contribution >= 0.6 is 0 Å². The molecule has 0 atom stereocenters. The van der Waals surface area contributed by atoms with Gasteiger partial charge in [-0.2, -0.15) is 5.10 Å². The highest BCUT2D eigenvalue weighted by molar-refractivity contribution is 5.99. The molecule has 5 heteroatoms. The molecule has 1 aromatic heterocycles. The predicted octanol–water partition coefficient (Wildman–Crippen LogP) is 4.84. The minimum atomic E-state index is -0.301. The smallest absolute Gasteiger partial charge is 0.277 e. The molecule has 0 radical (unpaired) electrons. The van der Waals surface area contributed by atoms with Crippen molar-refractivity contribution in [2.24, 2.45) is 5.10 Å². The highest BCUT2D eigenvalue weighted by atomic mass is 16.5. The average molecular weight is 412 g/mol. The molecule has 0 spiro atoms. The molecule has 1 N–H and O–H groups in total. The lowest BCUT2D eigenvalue weighted by atomic mass is 10.1. The van der Waals surface area contributed by atoms with Crippen LogP contribution in [0, 0.1) is 13.8 Å². The maximum absolute atomic E-state index is 12.2. The van der Waals surface area contributed by atoms with E-state index < -0.39 is 0 Å². The lowest BCUT2D eigenvalue weighted by molar-refractivity contribution is -0.123. The van der Waals surface area contributed by atoms with Gasteiger partial charge in [-0.1, -0.05) is 60.7 Å². The van der Waals surface area contributed by atoms with Crippen LogP contribution in [0.15, 0.2) is 84.1 Å². The highest BCUT2D eigenvalue weighted by Gasteiger charge is 2.08. The van der Waals surface area contributed by atoms with Crippen molar-refractivity contribution in [1.82, 2.24) is 9.99 Å². The summed E-state index contributed by atoms with van der Waals surface area (Å²) in [4.78, 5) is 12.2. The van der Waals surface area contributed by atoms with Crippen molar-refractivity contribution in [3.05, 3.63) is 101 Å². The fourth-order valence-corrected chi connectivity index (χ4v) is 3.50. The Kier molecular flexibility index (Phi) is 6.13. The number of ether oxygens (including phenoxy) is 1. The van der Waals surface area contributed by atoms with Gasteiger partial charge >= 0.3 is 0 Å². The number of para-hydroxylation sites is 1. The third-order valence-electron chi connectivity index (χ3n) is 5.11. The molecule has 3 aromatic carbocycles. The van der Waals surface area contributed by atoms with Gasteiger partial charge in [0.15, 0.2) is 6.61 Å². The molecule has 0 saturated carbocycles. The second kappa shape index (κ2) is 9.30. The lowest BCUT2D eigenvalue weighted by Gasteiger charge is -2.08. The lowest BCUT2D eigenvalue weighted by Crippen LogP contribution is -2.24. The fourth-order valence-electron chi connectivity index (χ4n) is 3.50. The maximum atomic E-state index is 12.2. The number of carbonyl (C=O) groups is 1. The molecule has 4 aromatic rings. The van der Waals surface area contributed by atoms with E-state index in [4.69, 9.17) is 4.74 Å². The first-order chi connectivity index (χ1) is 15.1. The molecular weight excluding hydrogens is 386 g/mol. The van der Waals surface area contributed by atoms with Gasteiger partial charge in [0.05, 0.1) is 6.21 Å². The monoisotopic (exact) mass is 411 g/mol. The summed E-state index contributed by atoms with van der Waals surface area (Å²) < 4.78 is 7.82. The Hall–Kier alpha value is -3.86. The van der Waals surface area contributed by atoms with Gasteiger partial charge in [-0.3, -0.25) is 4.79 Å². The SMILES string of the molecule is Cc1ccc(C)c(OCC(=O)N/N=C/c2cn(Cc3ccccc3)c3ccccc23)c1. The van der Waals surface area contributed by atoms with Crippen molar-refractivity contribution in [1.29, 1.82) is 0 Å². The van der Waals surface area contributed by atoms with Crippen molar-refractivity contribution in [2.45, 2.75) is 20.4 Å². The van der Waals surface area contributed by atoms with Gasteiger partial charge in [-0.15, -0.1) is 0 Å². The van der Waals surface area contributed by atoms with E-state index in [1.807, 2.05) is 62.4 Å². The van der Waals surface area contributed by atoms with Crippen LogP contribution in [-0.2, 0) is 11.3 Å². The number of aromatic nitrogens is 1. The number of hydrogen-bond donors (Lipinski definition) is 1. The summed E-state index contributed by atoms with van der Waals surface area (Å²) in [6.07, 6.45) is 3.74. The van der Waals surface area contributed by atoms with Crippen molar-refractivity contribution >= 4 is 23.0 Å². The molecule has 0 bridgehead atoms. The first-order valence-corrected chi connectivity index (χ1v) is 10.2. The molecule has 156 valence electrons. The van der Waals surface area contributed by atoms with Gasteiger partial charge in [-0.25, -0.2) is 5.43 Å². The standard InChI is InChI=1S/C26H25N3O2/c1-19-12-13-20(2)25(14-19)31-18-26(30)28-27-15-22-17-29(16-21-8-4-3-5-9-21)24-11-7-6-10-23(22)24/h3-15,17H,16,18H2,1-2H3,(H,28,30)/b27-15+. The van der Waals surface area contributed by atoms with Gasteiger partial charge in [-0.05, 0) is 42.7 Å².